The van der Waals surface area contributed by atoms with Crippen LogP contribution in [0, 0.1) is 17.0 Å². The van der Waals surface area contributed by atoms with E-state index in [2.05, 4.69) is 17.0 Å². The van der Waals surface area contributed by atoms with E-state index in [1.54, 1.807) is 26.2 Å². The molecule has 0 aromatic heterocycles. The van der Waals surface area contributed by atoms with Crippen molar-refractivity contribution in [2.24, 2.45) is 0 Å². The number of ether oxygens (including phenoxy) is 4. The van der Waals surface area contributed by atoms with Crippen molar-refractivity contribution in [3.05, 3.63) is 74.3 Å². The van der Waals surface area contributed by atoms with Crippen molar-refractivity contribution in [1.82, 2.24) is 4.90 Å². The van der Waals surface area contributed by atoms with E-state index in [1.807, 2.05) is 6.08 Å². The van der Waals surface area contributed by atoms with Gasteiger partial charge in [-0.3, -0.25) is 15.0 Å². The standard InChI is InChI=1S/C25H24N2O7/c1-13-3-4-14(5-19(13)27(29)30)25(28)34-24-8-17-18-11-26(20(17)9-21(24)31-2)10-15-6-22-23(7-16(15)18)33-12-32-22/h3-8,18,20-21,24H,9-12H2,1-2H3/t18-,20-,21-,24-/m0/s1. The summed E-state index contributed by atoms with van der Waals surface area (Å²) in [4.78, 5) is 26.2. The van der Waals surface area contributed by atoms with Crippen molar-refractivity contribution >= 4 is 11.7 Å². The first kappa shape index (κ1) is 21.1. The predicted molar refractivity (Wildman–Crippen MR) is 120 cm³/mol. The number of nitro groups is 1. The van der Waals surface area contributed by atoms with Crippen molar-refractivity contribution in [3.63, 3.8) is 0 Å². The summed E-state index contributed by atoms with van der Waals surface area (Å²) in [7, 11) is 1.62. The molecule has 9 heteroatoms. The van der Waals surface area contributed by atoms with Crippen molar-refractivity contribution in [1.29, 1.82) is 0 Å². The Kier molecular flexibility index (Phi) is 4.86. The van der Waals surface area contributed by atoms with Crippen LogP contribution >= 0.6 is 0 Å². The van der Waals surface area contributed by atoms with Gasteiger partial charge in [-0.15, -0.1) is 0 Å². The van der Waals surface area contributed by atoms with E-state index in [1.165, 1.54) is 22.8 Å². The van der Waals surface area contributed by atoms with Crippen LogP contribution in [0.4, 0.5) is 5.69 Å². The molecule has 176 valence electrons. The molecule has 1 saturated heterocycles. The highest BCUT2D eigenvalue weighted by atomic mass is 16.7. The van der Waals surface area contributed by atoms with E-state index in [-0.39, 0.29) is 36.1 Å². The van der Waals surface area contributed by atoms with Gasteiger partial charge in [-0.25, -0.2) is 4.79 Å². The van der Waals surface area contributed by atoms with E-state index in [4.69, 9.17) is 18.9 Å². The van der Waals surface area contributed by atoms with Crippen molar-refractivity contribution in [2.45, 2.75) is 44.1 Å². The van der Waals surface area contributed by atoms with Crippen LogP contribution in [-0.4, -0.2) is 54.5 Å². The number of nitro benzene ring substituents is 1. The lowest BCUT2D eigenvalue weighted by molar-refractivity contribution is -0.385. The predicted octanol–water partition coefficient (Wildman–Crippen LogP) is 3.48. The molecule has 0 radical (unpaired) electrons. The van der Waals surface area contributed by atoms with E-state index in [0.29, 0.717) is 12.0 Å². The van der Waals surface area contributed by atoms with Crippen LogP contribution in [0.25, 0.3) is 0 Å². The van der Waals surface area contributed by atoms with Gasteiger partial charge in [-0.2, -0.15) is 0 Å². The molecule has 3 heterocycles. The van der Waals surface area contributed by atoms with Gasteiger partial charge < -0.3 is 18.9 Å². The Balaban J connectivity index is 1.31. The van der Waals surface area contributed by atoms with Crippen LogP contribution in [0.5, 0.6) is 11.5 Å². The van der Waals surface area contributed by atoms with Gasteiger partial charge in [0.15, 0.2) is 11.5 Å². The fraction of sp³-hybridized carbons (Fsp3) is 0.400. The highest BCUT2D eigenvalue weighted by Gasteiger charge is 2.47. The highest BCUT2D eigenvalue weighted by molar-refractivity contribution is 5.90. The van der Waals surface area contributed by atoms with Crippen LogP contribution in [-0.2, 0) is 16.0 Å². The smallest absolute Gasteiger partial charge is 0.339 e. The first-order valence-electron chi connectivity index (χ1n) is 11.3. The van der Waals surface area contributed by atoms with E-state index in [9.17, 15) is 14.9 Å². The summed E-state index contributed by atoms with van der Waals surface area (Å²) in [5.74, 6) is 1.14. The van der Waals surface area contributed by atoms with Crippen LogP contribution < -0.4 is 9.47 Å². The first-order valence-corrected chi connectivity index (χ1v) is 11.3. The molecule has 0 spiro atoms. The van der Waals surface area contributed by atoms with Crippen molar-refractivity contribution in [3.8, 4) is 11.5 Å². The van der Waals surface area contributed by atoms with Gasteiger partial charge in [0.25, 0.3) is 5.69 Å². The molecule has 6 rings (SSSR count). The van der Waals surface area contributed by atoms with Gasteiger partial charge in [0.05, 0.1) is 16.6 Å². The molecule has 0 saturated carbocycles. The van der Waals surface area contributed by atoms with Crippen LogP contribution in [0.2, 0.25) is 0 Å². The third-order valence-electron chi connectivity index (χ3n) is 7.39. The summed E-state index contributed by atoms with van der Waals surface area (Å²) in [6, 6.07) is 8.74. The summed E-state index contributed by atoms with van der Waals surface area (Å²) in [6.07, 6.45) is 1.83. The molecular formula is C25H24N2O7. The lowest BCUT2D eigenvalue weighted by Crippen LogP contribution is -2.42. The summed E-state index contributed by atoms with van der Waals surface area (Å²) in [5, 5.41) is 11.3. The lowest BCUT2D eigenvalue weighted by Gasteiger charge is -2.34. The molecule has 3 aliphatic heterocycles. The molecule has 9 nitrogen and oxygen atoms in total. The van der Waals surface area contributed by atoms with Crippen LogP contribution in [0.3, 0.4) is 0 Å². The Labute approximate surface area is 196 Å². The minimum atomic E-state index is -0.601. The number of methoxy groups -OCH3 is 1. The summed E-state index contributed by atoms with van der Waals surface area (Å²) >= 11 is 0. The van der Waals surface area contributed by atoms with E-state index >= 15 is 0 Å². The van der Waals surface area contributed by atoms with Gasteiger partial charge in [-0.1, -0.05) is 6.07 Å². The molecule has 1 unspecified atom stereocenters. The molecule has 5 atom stereocenters. The number of nitrogens with zero attached hydrogens (tertiary/aromatic N) is 2. The lowest BCUT2D eigenvalue weighted by atomic mass is 9.82. The molecule has 4 aliphatic rings. The number of carbonyl (C=O) groups excluding carboxylic acids is 1. The Morgan fingerprint density at radius 2 is 2.00 bits per heavy atom. The Morgan fingerprint density at radius 1 is 1.21 bits per heavy atom. The molecule has 1 aliphatic carbocycles. The minimum Gasteiger partial charge on any atom is -0.454 e. The summed E-state index contributed by atoms with van der Waals surface area (Å²) < 4.78 is 22.7. The topological polar surface area (TPSA) is 100 Å². The number of hydrogen-bond acceptors (Lipinski definition) is 8. The molecular weight excluding hydrogens is 440 g/mol. The second-order valence-corrected chi connectivity index (χ2v) is 9.21. The third-order valence-corrected chi connectivity index (χ3v) is 7.39. The zero-order chi connectivity index (χ0) is 23.6. The Bertz CT molecular complexity index is 1240. The summed E-state index contributed by atoms with van der Waals surface area (Å²) in [5.41, 5.74) is 4.21. The number of esters is 1. The monoisotopic (exact) mass is 464 g/mol. The molecule has 34 heavy (non-hydrogen) atoms. The molecule has 0 N–H and O–H groups in total. The molecule has 1 fully saturated rings. The van der Waals surface area contributed by atoms with Crippen molar-refractivity contribution < 1.29 is 28.7 Å². The minimum absolute atomic E-state index is 0.104. The summed E-state index contributed by atoms with van der Waals surface area (Å²) in [6.45, 7) is 3.59. The van der Waals surface area contributed by atoms with Crippen LogP contribution in [0.1, 0.15) is 39.4 Å². The Hall–Kier alpha value is -3.43. The highest BCUT2D eigenvalue weighted by Crippen LogP contribution is 2.50. The second-order valence-electron chi connectivity index (χ2n) is 9.21. The van der Waals surface area contributed by atoms with E-state index in [0.717, 1.165) is 24.6 Å². The average molecular weight is 464 g/mol. The fourth-order valence-corrected chi connectivity index (χ4v) is 5.67. The number of carbonyl (C=O) groups is 1. The number of rotatable bonds is 4. The van der Waals surface area contributed by atoms with Gasteiger partial charge in [0, 0.05) is 43.8 Å². The zero-order valence-corrected chi connectivity index (χ0v) is 18.9. The third kappa shape index (κ3) is 3.26. The number of fused-ring (bicyclic) bond motifs is 8. The normalized spacial score (nSPS) is 28.1. The number of benzene rings is 2. The molecule has 2 bridgehead atoms. The quantitative estimate of drug-likeness (QED) is 0.293. The molecule has 2 aromatic rings. The van der Waals surface area contributed by atoms with Gasteiger partial charge in [-0.05, 0) is 54.3 Å². The molecule has 2 aromatic carbocycles. The second kappa shape index (κ2) is 7.82. The zero-order valence-electron chi connectivity index (χ0n) is 18.9. The number of hydrogen-bond donors (Lipinski definition) is 0. The molecule has 0 amide bonds. The van der Waals surface area contributed by atoms with Crippen molar-refractivity contribution in [2.75, 3.05) is 20.4 Å². The van der Waals surface area contributed by atoms with Gasteiger partial charge in [0.2, 0.25) is 6.79 Å². The van der Waals surface area contributed by atoms with Gasteiger partial charge in [0.1, 0.15) is 6.10 Å². The maximum Gasteiger partial charge on any atom is 0.339 e. The average Bonchev–Trinajstić information content (AvgIpc) is 3.39. The SMILES string of the molecule is CO[C@H]1C[C@H]2C(=C[C@@H]1OC(=O)c1ccc(C)c([N+](=O)[O-])c1)[C@H]1CN2Cc2cc3c(cc21)OCO3. The number of aryl methyl sites for hydroxylation is 1. The van der Waals surface area contributed by atoms with Gasteiger partial charge >= 0.3 is 5.97 Å². The maximum atomic E-state index is 12.9. The van der Waals surface area contributed by atoms with Crippen LogP contribution in [0.15, 0.2) is 42.0 Å². The largest absolute Gasteiger partial charge is 0.454 e. The maximum absolute atomic E-state index is 12.9. The Morgan fingerprint density at radius 3 is 2.76 bits per heavy atom. The fourth-order valence-electron chi connectivity index (χ4n) is 5.67. The van der Waals surface area contributed by atoms with E-state index < -0.39 is 17.0 Å². The first-order chi connectivity index (χ1) is 16.4.